The molecule has 2 aromatic rings. The van der Waals surface area contributed by atoms with E-state index in [0.29, 0.717) is 24.2 Å². The number of aromatic nitrogens is 2. The molecule has 0 bridgehead atoms. The monoisotopic (exact) mass is 302 g/mol. The third-order valence-corrected chi connectivity index (χ3v) is 3.48. The summed E-state index contributed by atoms with van der Waals surface area (Å²) in [5.41, 5.74) is 1.87. The number of furan rings is 1. The molecule has 0 saturated carbocycles. The molecule has 1 aliphatic heterocycles. The second kappa shape index (κ2) is 5.67. The zero-order valence-corrected chi connectivity index (χ0v) is 12.5. The number of amides is 2. The van der Waals surface area contributed by atoms with Gasteiger partial charge in [-0.3, -0.25) is 14.3 Å². The molecule has 2 N–H and O–H groups in total. The van der Waals surface area contributed by atoms with E-state index in [4.69, 9.17) is 4.42 Å². The molecule has 1 atom stereocenters. The van der Waals surface area contributed by atoms with Gasteiger partial charge in [-0.05, 0) is 26.0 Å². The summed E-state index contributed by atoms with van der Waals surface area (Å²) in [6, 6.07) is 3.46. The van der Waals surface area contributed by atoms with E-state index < -0.39 is 0 Å². The Kier molecular flexibility index (Phi) is 3.70. The molecule has 0 saturated heterocycles. The van der Waals surface area contributed by atoms with Gasteiger partial charge in [-0.25, -0.2) is 0 Å². The molecule has 7 nitrogen and oxygen atoms in total. The van der Waals surface area contributed by atoms with E-state index in [2.05, 4.69) is 15.7 Å². The molecular weight excluding hydrogens is 284 g/mol. The number of nitrogens with one attached hydrogen (secondary N) is 2. The summed E-state index contributed by atoms with van der Waals surface area (Å²) in [7, 11) is 0. The largest absolute Gasteiger partial charge is 0.472 e. The van der Waals surface area contributed by atoms with Crippen molar-refractivity contribution >= 4 is 11.8 Å². The number of hydrogen-bond donors (Lipinski definition) is 2. The van der Waals surface area contributed by atoms with E-state index in [-0.39, 0.29) is 23.9 Å². The molecule has 0 aromatic carbocycles. The highest BCUT2D eigenvalue weighted by Gasteiger charge is 2.26. The van der Waals surface area contributed by atoms with Crippen LogP contribution in [0, 0.1) is 0 Å². The van der Waals surface area contributed by atoms with E-state index in [9.17, 15) is 9.59 Å². The zero-order chi connectivity index (χ0) is 15.7. The van der Waals surface area contributed by atoms with Crippen molar-refractivity contribution in [2.24, 2.45) is 0 Å². The van der Waals surface area contributed by atoms with Crippen molar-refractivity contribution in [3.8, 4) is 0 Å². The van der Waals surface area contributed by atoms with Gasteiger partial charge in [0.1, 0.15) is 12.0 Å². The summed E-state index contributed by atoms with van der Waals surface area (Å²) in [6.45, 7) is 4.38. The molecule has 3 rings (SSSR count). The van der Waals surface area contributed by atoms with Crippen molar-refractivity contribution in [3.63, 3.8) is 0 Å². The van der Waals surface area contributed by atoms with Crippen molar-refractivity contribution in [2.45, 2.75) is 38.9 Å². The molecule has 2 amide bonds. The van der Waals surface area contributed by atoms with Crippen LogP contribution in [0.15, 0.2) is 29.1 Å². The smallest absolute Gasteiger partial charge is 0.271 e. The first-order chi connectivity index (χ1) is 10.5. The van der Waals surface area contributed by atoms with Crippen LogP contribution in [0.3, 0.4) is 0 Å². The quantitative estimate of drug-likeness (QED) is 0.880. The maximum Gasteiger partial charge on any atom is 0.271 e. The van der Waals surface area contributed by atoms with E-state index in [1.54, 1.807) is 16.8 Å². The molecule has 0 fully saturated rings. The van der Waals surface area contributed by atoms with Gasteiger partial charge in [0.05, 0.1) is 24.4 Å². The van der Waals surface area contributed by atoms with E-state index >= 15 is 0 Å². The standard InChI is InChI=1S/C15H18N4O3/c1-9(2)16-15(21)13-6-12-5-11(7-19(12)18-13)17-14(20)10-3-4-22-8-10/h3-4,6,8-9,11H,5,7H2,1-2H3,(H,16,21)(H,17,20)/t11-/m0/s1. The van der Waals surface area contributed by atoms with Crippen molar-refractivity contribution in [1.29, 1.82) is 0 Å². The Morgan fingerprint density at radius 1 is 1.41 bits per heavy atom. The highest BCUT2D eigenvalue weighted by atomic mass is 16.3. The lowest BCUT2D eigenvalue weighted by Crippen LogP contribution is -2.36. The first-order valence-electron chi connectivity index (χ1n) is 7.23. The summed E-state index contributed by atoms with van der Waals surface area (Å²) in [6.07, 6.45) is 3.54. The minimum Gasteiger partial charge on any atom is -0.472 e. The summed E-state index contributed by atoms with van der Waals surface area (Å²) in [5, 5.41) is 10.0. The molecule has 7 heteroatoms. The Labute approximate surface area is 127 Å². The summed E-state index contributed by atoms with van der Waals surface area (Å²) in [5.74, 6) is -0.335. The second-order valence-corrected chi connectivity index (χ2v) is 5.72. The van der Waals surface area contributed by atoms with Crippen LogP contribution in [-0.2, 0) is 13.0 Å². The van der Waals surface area contributed by atoms with Gasteiger partial charge in [0.15, 0.2) is 0 Å². The number of carbonyl (C=O) groups excluding carboxylic acids is 2. The highest BCUT2D eigenvalue weighted by molar-refractivity contribution is 5.94. The Morgan fingerprint density at radius 2 is 2.23 bits per heavy atom. The normalized spacial score (nSPS) is 16.6. The van der Waals surface area contributed by atoms with Crippen LogP contribution in [0.4, 0.5) is 0 Å². The summed E-state index contributed by atoms with van der Waals surface area (Å²) < 4.78 is 6.67. The SMILES string of the molecule is CC(C)NC(=O)c1cc2n(n1)C[C@@H](NC(=O)c1ccoc1)C2. The lowest BCUT2D eigenvalue weighted by molar-refractivity contribution is 0.0923. The fourth-order valence-corrected chi connectivity index (χ4v) is 2.51. The minimum absolute atomic E-state index is 0.0212. The van der Waals surface area contributed by atoms with Crippen LogP contribution in [-0.4, -0.2) is 33.7 Å². The van der Waals surface area contributed by atoms with Crippen LogP contribution in [0.25, 0.3) is 0 Å². The highest BCUT2D eigenvalue weighted by Crippen LogP contribution is 2.17. The van der Waals surface area contributed by atoms with Crippen LogP contribution in [0.1, 0.15) is 40.4 Å². The van der Waals surface area contributed by atoms with Gasteiger partial charge < -0.3 is 15.1 Å². The lowest BCUT2D eigenvalue weighted by Gasteiger charge is -2.11. The second-order valence-electron chi connectivity index (χ2n) is 5.72. The summed E-state index contributed by atoms with van der Waals surface area (Å²) >= 11 is 0. The van der Waals surface area contributed by atoms with Crippen LogP contribution < -0.4 is 10.6 Å². The van der Waals surface area contributed by atoms with E-state index in [0.717, 1.165) is 5.69 Å². The number of nitrogens with zero attached hydrogens (tertiary/aromatic N) is 2. The predicted molar refractivity (Wildman–Crippen MR) is 78.5 cm³/mol. The molecule has 1 aliphatic rings. The fraction of sp³-hybridized carbons (Fsp3) is 0.400. The van der Waals surface area contributed by atoms with Gasteiger partial charge in [0, 0.05) is 18.2 Å². The number of carbonyl (C=O) groups is 2. The fourth-order valence-electron chi connectivity index (χ4n) is 2.51. The van der Waals surface area contributed by atoms with Gasteiger partial charge in [-0.2, -0.15) is 5.10 Å². The maximum atomic E-state index is 12.0. The van der Waals surface area contributed by atoms with Crippen molar-refractivity contribution in [2.75, 3.05) is 0 Å². The first kappa shape index (κ1) is 14.4. The van der Waals surface area contributed by atoms with Gasteiger partial charge in [-0.1, -0.05) is 0 Å². The number of hydrogen-bond acceptors (Lipinski definition) is 4. The van der Waals surface area contributed by atoms with Gasteiger partial charge in [-0.15, -0.1) is 0 Å². The molecule has 0 aliphatic carbocycles. The number of fused-ring (bicyclic) bond motifs is 1. The van der Waals surface area contributed by atoms with Crippen molar-refractivity contribution in [3.05, 3.63) is 41.6 Å². The average Bonchev–Trinajstić information content (AvgIpc) is 3.12. The first-order valence-corrected chi connectivity index (χ1v) is 7.23. The lowest BCUT2D eigenvalue weighted by atomic mass is 10.2. The average molecular weight is 302 g/mol. The van der Waals surface area contributed by atoms with Crippen LogP contribution in [0.5, 0.6) is 0 Å². The molecule has 0 unspecified atom stereocenters. The minimum atomic E-state index is -0.170. The van der Waals surface area contributed by atoms with Gasteiger partial charge in [0.25, 0.3) is 11.8 Å². The predicted octanol–water partition coefficient (Wildman–Crippen LogP) is 0.969. The third-order valence-electron chi connectivity index (χ3n) is 3.48. The van der Waals surface area contributed by atoms with E-state index in [1.807, 2.05) is 13.8 Å². The summed E-state index contributed by atoms with van der Waals surface area (Å²) in [4.78, 5) is 23.9. The Bertz CT molecular complexity index is 664. The molecular formula is C15H18N4O3. The zero-order valence-electron chi connectivity index (χ0n) is 12.5. The topological polar surface area (TPSA) is 89.2 Å². The molecule has 0 radical (unpaired) electrons. The van der Waals surface area contributed by atoms with Crippen LogP contribution >= 0.6 is 0 Å². The Balaban J connectivity index is 1.61. The van der Waals surface area contributed by atoms with Gasteiger partial charge in [0.2, 0.25) is 0 Å². The third kappa shape index (κ3) is 2.88. The number of rotatable bonds is 4. The Morgan fingerprint density at radius 3 is 2.86 bits per heavy atom. The molecule has 116 valence electrons. The van der Waals surface area contributed by atoms with E-state index in [1.165, 1.54) is 12.5 Å². The molecule has 3 heterocycles. The molecule has 2 aromatic heterocycles. The molecule has 0 spiro atoms. The van der Waals surface area contributed by atoms with Gasteiger partial charge >= 0.3 is 0 Å². The van der Waals surface area contributed by atoms with Crippen LogP contribution in [0.2, 0.25) is 0 Å². The maximum absolute atomic E-state index is 12.0. The Hall–Kier alpha value is -2.57. The molecule has 22 heavy (non-hydrogen) atoms. The van der Waals surface area contributed by atoms with Crippen molar-refractivity contribution in [1.82, 2.24) is 20.4 Å². The van der Waals surface area contributed by atoms with Crippen molar-refractivity contribution < 1.29 is 14.0 Å².